The van der Waals surface area contributed by atoms with Crippen molar-refractivity contribution >= 4 is 17.4 Å². The van der Waals surface area contributed by atoms with Crippen molar-refractivity contribution in [1.82, 2.24) is 24.5 Å². The Kier molecular flexibility index (Phi) is 6.20. The number of hydrogen-bond acceptors (Lipinski definition) is 5. The zero-order valence-electron chi connectivity index (χ0n) is 19.0. The number of rotatable bonds is 6. The molecule has 1 fully saturated rings. The Labute approximate surface area is 184 Å². The number of likely N-dealkylation sites (tertiary alicyclic amines) is 1. The van der Waals surface area contributed by atoms with Crippen molar-refractivity contribution in [3.63, 3.8) is 0 Å². The number of nitrogens with zero attached hydrogens (tertiary/aromatic N) is 6. The third-order valence-electron chi connectivity index (χ3n) is 6.12. The van der Waals surface area contributed by atoms with Gasteiger partial charge in [-0.2, -0.15) is 5.10 Å². The van der Waals surface area contributed by atoms with E-state index in [0.29, 0.717) is 5.69 Å². The number of hydrogen-bond donors (Lipinski definition) is 0. The van der Waals surface area contributed by atoms with Crippen LogP contribution in [0.25, 0.3) is 5.65 Å². The maximum absolute atomic E-state index is 13.3. The van der Waals surface area contributed by atoms with Crippen molar-refractivity contribution in [2.75, 3.05) is 24.5 Å². The van der Waals surface area contributed by atoms with Gasteiger partial charge in [-0.1, -0.05) is 13.0 Å². The third kappa shape index (κ3) is 4.13. The molecule has 4 heterocycles. The lowest BCUT2D eigenvalue weighted by Gasteiger charge is -2.34. The number of aryl methyl sites for hydroxylation is 2. The fourth-order valence-corrected chi connectivity index (χ4v) is 4.51. The van der Waals surface area contributed by atoms with Crippen LogP contribution in [0.3, 0.4) is 0 Å². The first-order valence-corrected chi connectivity index (χ1v) is 11.4. The lowest BCUT2D eigenvalue weighted by atomic mass is 9.98. The average molecular weight is 421 g/mol. The fourth-order valence-electron chi connectivity index (χ4n) is 4.51. The number of carbonyl (C=O) groups is 1. The van der Waals surface area contributed by atoms with Gasteiger partial charge in [-0.15, -0.1) is 0 Å². The lowest BCUT2D eigenvalue weighted by molar-refractivity contribution is 0.0598. The molecule has 1 aliphatic rings. The summed E-state index contributed by atoms with van der Waals surface area (Å²) < 4.78 is 1.86. The van der Waals surface area contributed by atoms with Gasteiger partial charge in [0.05, 0.1) is 11.7 Å². The summed E-state index contributed by atoms with van der Waals surface area (Å²) in [5.74, 6) is 1.01. The van der Waals surface area contributed by atoms with Gasteiger partial charge in [0.2, 0.25) is 0 Å². The predicted molar refractivity (Wildman–Crippen MR) is 123 cm³/mol. The zero-order valence-corrected chi connectivity index (χ0v) is 19.0. The second kappa shape index (κ2) is 9.04. The number of anilines is 1. The number of aromatic nitrogens is 4. The minimum Gasteiger partial charge on any atom is -0.357 e. The molecule has 3 aromatic rings. The molecule has 0 spiro atoms. The molecule has 1 amide bonds. The van der Waals surface area contributed by atoms with E-state index < -0.39 is 0 Å². The number of amides is 1. The molecule has 31 heavy (non-hydrogen) atoms. The van der Waals surface area contributed by atoms with E-state index in [1.807, 2.05) is 34.5 Å². The molecule has 7 nitrogen and oxygen atoms in total. The highest BCUT2D eigenvalue weighted by Crippen LogP contribution is 2.32. The second-order valence-corrected chi connectivity index (χ2v) is 8.38. The molecule has 1 aliphatic heterocycles. The highest BCUT2D eigenvalue weighted by molar-refractivity contribution is 5.94. The Balaban J connectivity index is 1.69. The van der Waals surface area contributed by atoms with Crippen molar-refractivity contribution in [3.8, 4) is 0 Å². The molecule has 0 saturated carbocycles. The smallest absolute Gasteiger partial charge is 0.273 e. The molecule has 0 bridgehead atoms. The van der Waals surface area contributed by atoms with Crippen molar-refractivity contribution in [2.24, 2.45) is 0 Å². The summed E-state index contributed by atoms with van der Waals surface area (Å²) in [6.07, 6.45) is 7.82. The lowest BCUT2D eigenvalue weighted by Crippen LogP contribution is -2.39. The van der Waals surface area contributed by atoms with E-state index in [1.54, 1.807) is 6.20 Å². The van der Waals surface area contributed by atoms with Gasteiger partial charge < -0.3 is 9.80 Å². The summed E-state index contributed by atoms with van der Waals surface area (Å²) >= 11 is 0. The van der Waals surface area contributed by atoms with Crippen molar-refractivity contribution in [2.45, 2.75) is 59.4 Å². The van der Waals surface area contributed by atoms with Gasteiger partial charge in [0.1, 0.15) is 11.5 Å². The van der Waals surface area contributed by atoms with Crippen LogP contribution in [0.5, 0.6) is 0 Å². The van der Waals surface area contributed by atoms with Crippen LogP contribution in [0.15, 0.2) is 30.6 Å². The van der Waals surface area contributed by atoms with E-state index in [-0.39, 0.29) is 11.9 Å². The summed E-state index contributed by atoms with van der Waals surface area (Å²) in [7, 11) is 0. The number of pyridine rings is 1. The standard InChI is InChI=1S/C24H32N6O/c1-5-13-28(6-2)23-18(4)16-30-21(26-23)15-19(27-30)20-11-7-8-14-29(20)24(31)22-17(3)10-9-12-25-22/h9-10,12,15-16,20H,5-8,11,13-14H2,1-4H3. The van der Waals surface area contributed by atoms with Crippen LogP contribution in [0.4, 0.5) is 5.82 Å². The maximum atomic E-state index is 13.3. The highest BCUT2D eigenvalue weighted by Gasteiger charge is 2.32. The maximum Gasteiger partial charge on any atom is 0.273 e. The quantitative estimate of drug-likeness (QED) is 0.593. The molecule has 3 aromatic heterocycles. The first kappa shape index (κ1) is 21.3. The Bertz CT molecular complexity index is 1080. The van der Waals surface area contributed by atoms with E-state index >= 15 is 0 Å². The van der Waals surface area contributed by atoms with Crippen LogP contribution < -0.4 is 4.90 Å². The molecule has 0 aliphatic carbocycles. The molecule has 1 saturated heterocycles. The minimum atomic E-state index is -0.0500. The van der Waals surface area contributed by atoms with E-state index in [9.17, 15) is 4.79 Å². The molecule has 0 radical (unpaired) electrons. The summed E-state index contributed by atoms with van der Waals surface area (Å²) in [5, 5.41) is 4.84. The number of fused-ring (bicyclic) bond motifs is 1. The van der Waals surface area contributed by atoms with Crippen LogP contribution in [0.1, 0.15) is 72.9 Å². The fraction of sp³-hybridized carbons (Fsp3) is 0.500. The second-order valence-electron chi connectivity index (χ2n) is 8.38. The Morgan fingerprint density at radius 2 is 2.06 bits per heavy atom. The van der Waals surface area contributed by atoms with Gasteiger partial charge >= 0.3 is 0 Å². The van der Waals surface area contributed by atoms with Gasteiger partial charge in [0.25, 0.3) is 5.91 Å². The number of carbonyl (C=O) groups excluding carboxylic acids is 1. The van der Waals surface area contributed by atoms with Crippen molar-refractivity contribution in [1.29, 1.82) is 0 Å². The summed E-state index contributed by atoms with van der Waals surface area (Å²) in [5.41, 5.74) is 4.29. The average Bonchev–Trinajstić information content (AvgIpc) is 3.19. The molecule has 7 heteroatoms. The monoisotopic (exact) mass is 420 g/mol. The van der Waals surface area contributed by atoms with Crippen molar-refractivity contribution in [3.05, 3.63) is 53.1 Å². The van der Waals surface area contributed by atoms with Crippen LogP contribution >= 0.6 is 0 Å². The summed E-state index contributed by atoms with van der Waals surface area (Å²) in [4.78, 5) is 26.9. The van der Waals surface area contributed by atoms with Gasteiger partial charge in [-0.3, -0.25) is 9.78 Å². The summed E-state index contributed by atoms with van der Waals surface area (Å²) in [6.45, 7) is 11.0. The first-order chi connectivity index (χ1) is 15.0. The topological polar surface area (TPSA) is 66.6 Å². The molecule has 1 atom stereocenters. The minimum absolute atomic E-state index is 0.00945. The molecule has 0 aromatic carbocycles. The van der Waals surface area contributed by atoms with Gasteiger partial charge in [-0.25, -0.2) is 9.50 Å². The SMILES string of the molecule is CCCN(CC)c1nc2cc(C3CCCCN3C(=O)c3ncccc3C)nn2cc1C. The zero-order chi connectivity index (χ0) is 22.0. The van der Waals surface area contributed by atoms with Crippen LogP contribution in [-0.2, 0) is 0 Å². The largest absolute Gasteiger partial charge is 0.357 e. The van der Waals surface area contributed by atoms with Crippen LogP contribution in [0, 0.1) is 13.8 Å². The van der Waals surface area contributed by atoms with Gasteiger partial charge in [0, 0.05) is 43.7 Å². The van der Waals surface area contributed by atoms with Crippen LogP contribution in [0.2, 0.25) is 0 Å². The molecule has 4 rings (SSSR count). The Hall–Kier alpha value is -2.96. The first-order valence-electron chi connectivity index (χ1n) is 11.4. The molecule has 0 N–H and O–H groups in total. The highest BCUT2D eigenvalue weighted by atomic mass is 16.2. The molecule has 1 unspecified atom stereocenters. The van der Waals surface area contributed by atoms with Crippen LogP contribution in [-0.4, -0.2) is 50.0 Å². The summed E-state index contributed by atoms with van der Waals surface area (Å²) in [6, 6.07) is 5.80. The molecular formula is C24H32N6O. The molecular weight excluding hydrogens is 388 g/mol. The number of piperidine rings is 1. The third-order valence-corrected chi connectivity index (χ3v) is 6.12. The van der Waals surface area contributed by atoms with Gasteiger partial charge in [0.15, 0.2) is 5.65 Å². The van der Waals surface area contributed by atoms with E-state index in [4.69, 9.17) is 10.1 Å². The molecule has 164 valence electrons. The van der Waals surface area contributed by atoms with E-state index in [0.717, 1.165) is 73.6 Å². The van der Waals surface area contributed by atoms with E-state index in [2.05, 4.69) is 36.9 Å². The predicted octanol–water partition coefficient (Wildman–Crippen LogP) is 4.34. The Morgan fingerprint density at radius 1 is 1.23 bits per heavy atom. The normalized spacial score (nSPS) is 16.6. The van der Waals surface area contributed by atoms with E-state index in [1.165, 1.54) is 0 Å². The van der Waals surface area contributed by atoms with Gasteiger partial charge in [-0.05, 0) is 58.1 Å². The Morgan fingerprint density at radius 3 is 2.81 bits per heavy atom. The van der Waals surface area contributed by atoms with Crippen molar-refractivity contribution < 1.29 is 4.79 Å².